The number of anilines is 2. The van der Waals surface area contributed by atoms with Crippen LogP contribution in [0.3, 0.4) is 0 Å². The number of urea groups is 1. The van der Waals surface area contributed by atoms with Crippen molar-refractivity contribution in [1.29, 1.82) is 0 Å². The fourth-order valence-corrected chi connectivity index (χ4v) is 3.10. The molecule has 5 nitrogen and oxygen atoms in total. The smallest absolute Gasteiger partial charge is 0.324 e. The van der Waals surface area contributed by atoms with Gasteiger partial charge in [-0.2, -0.15) is 0 Å². The summed E-state index contributed by atoms with van der Waals surface area (Å²) in [6.07, 6.45) is 10.0. The van der Waals surface area contributed by atoms with Crippen molar-refractivity contribution in [2.75, 3.05) is 10.6 Å². The van der Waals surface area contributed by atoms with Crippen LogP contribution in [0.4, 0.5) is 16.3 Å². The molecule has 0 bridgehead atoms. The monoisotopic (exact) mass is 383 g/mol. The van der Waals surface area contributed by atoms with Gasteiger partial charge in [0.1, 0.15) is 5.76 Å². The lowest BCUT2D eigenvalue weighted by Gasteiger charge is -2.12. The van der Waals surface area contributed by atoms with E-state index < -0.39 is 0 Å². The SMILES string of the molecule is CC1C=C(CCc2ccc(NC(=O)Nc3cc(C(C)(C)C)on3)cc2)C=CC1.[HH].[HH]. The lowest BCUT2D eigenvalue weighted by atomic mass is 9.93. The molecule has 2 amide bonds. The number of benzene rings is 1. The minimum Gasteiger partial charge on any atom is -0.359 e. The second-order valence-electron chi connectivity index (χ2n) is 8.46. The third kappa shape index (κ3) is 5.59. The number of carbonyl (C=O) groups excluding carboxylic acids is 1. The van der Waals surface area contributed by atoms with Crippen molar-refractivity contribution >= 4 is 17.5 Å². The summed E-state index contributed by atoms with van der Waals surface area (Å²) in [5, 5.41) is 9.42. The zero-order valence-electron chi connectivity index (χ0n) is 17.1. The number of rotatable bonds is 5. The largest absolute Gasteiger partial charge is 0.359 e. The highest BCUT2D eigenvalue weighted by Gasteiger charge is 2.20. The van der Waals surface area contributed by atoms with Crippen LogP contribution < -0.4 is 10.6 Å². The molecule has 5 heteroatoms. The van der Waals surface area contributed by atoms with Crippen molar-refractivity contribution in [2.24, 2.45) is 5.92 Å². The van der Waals surface area contributed by atoms with E-state index in [-0.39, 0.29) is 14.3 Å². The Labute approximate surface area is 169 Å². The highest BCUT2D eigenvalue weighted by molar-refractivity contribution is 5.99. The van der Waals surface area contributed by atoms with Gasteiger partial charge in [0, 0.05) is 20.0 Å². The summed E-state index contributed by atoms with van der Waals surface area (Å²) in [5.41, 5.74) is 3.25. The molecule has 1 atom stereocenters. The standard InChI is InChI=1S/C23H29N3O2.2H2/c1-16-6-5-7-18(14-16)9-8-17-10-12-19(13-11-17)24-22(27)25-21-15-20(28-26-21)23(2,3)4;;/h5,7,10-16H,6,8-9H2,1-4H3,(H2,24,25,26,27);2*1H. The quantitative estimate of drug-likeness (QED) is 0.614. The molecular formula is C23H33N3O2. The molecule has 2 aromatic rings. The van der Waals surface area contributed by atoms with Gasteiger partial charge in [0.15, 0.2) is 5.82 Å². The first kappa shape index (κ1) is 19.9. The summed E-state index contributed by atoms with van der Waals surface area (Å²) in [5.74, 6) is 1.76. The molecule has 0 saturated heterocycles. The lowest BCUT2D eigenvalue weighted by Crippen LogP contribution is -2.19. The molecule has 1 heterocycles. The van der Waals surface area contributed by atoms with E-state index in [4.69, 9.17) is 4.52 Å². The number of nitrogens with zero attached hydrogens (tertiary/aromatic N) is 1. The first-order chi connectivity index (χ1) is 13.3. The maximum absolute atomic E-state index is 12.2. The Bertz CT molecular complexity index is 881. The molecule has 0 saturated carbocycles. The average Bonchev–Trinajstić information content (AvgIpc) is 3.10. The van der Waals surface area contributed by atoms with E-state index in [1.54, 1.807) is 6.07 Å². The van der Waals surface area contributed by atoms with Gasteiger partial charge in [-0.05, 0) is 42.9 Å². The minimum absolute atomic E-state index is 0. The molecule has 0 spiro atoms. The van der Waals surface area contributed by atoms with Crippen LogP contribution in [0.1, 0.15) is 54.7 Å². The van der Waals surface area contributed by atoms with Gasteiger partial charge in [0.25, 0.3) is 0 Å². The summed E-state index contributed by atoms with van der Waals surface area (Å²) in [6, 6.07) is 9.36. The third-order valence-corrected chi connectivity index (χ3v) is 4.74. The van der Waals surface area contributed by atoms with E-state index in [0.717, 1.165) is 30.7 Å². The number of amides is 2. The summed E-state index contributed by atoms with van der Waals surface area (Å²) >= 11 is 0. The summed E-state index contributed by atoms with van der Waals surface area (Å²) in [4.78, 5) is 12.2. The number of hydrogen-bond acceptors (Lipinski definition) is 3. The van der Waals surface area contributed by atoms with Crippen LogP contribution in [0.2, 0.25) is 0 Å². The predicted molar refractivity (Wildman–Crippen MR) is 118 cm³/mol. The summed E-state index contributed by atoms with van der Waals surface area (Å²) < 4.78 is 5.28. The predicted octanol–water partition coefficient (Wildman–Crippen LogP) is 6.56. The maximum atomic E-state index is 12.2. The van der Waals surface area contributed by atoms with Crippen LogP contribution in [0.5, 0.6) is 0 Å². The fraction of sp³-hybridized carbons (Fsp3) is 0.391. The molecule has 0 fully saturated rings. The number of allylic oxidation sites excluding steroid dienone is 4. The van der Waals surface area contributed by atoms with Crippen LogP contribution in [0.25, 0.3) is 0 Å². The minimum atomic E-state index is -0.340. The van der Waals surface area contributed by atoms with Gasteiger partial charge in [-0.1, -0.05) is 68.8 Å². The van der Waals surface area contributed by atoms with Crippen molar-refractivity contribution < 1.29 is 12.2 Å². The second-order valence-corrected chi connectivity index (χ2v) is 8.46. The Kier molecular flexibility index (Phi) is 6.02. The average molecular weight is 384 g/mol. The van der Waals surface area contributed by atoms with Crippen molar-refractivity contribution in [3.05, 3.63) is 65.5 Å². The first-order valence-electron chi connectivity index (χ1n) is 9.81. The van der Waals surface area contributed by atoms with Crippen molar-refractivity contribution in [3.63, 3.8) is 0 Å². The van der Waals surface area contributed by atoms with E-state index in [0.29, 0.717) is 11.7 Å². The summed E-state index contributed by atoms with van der Waals surface area (Å²) in [7, 11) is 0. The Morgan fingerprint density at radius 3 is 2.61 bits per heavy atom. The Morgan fingerprint density at radius 1 is 1.21 bits per heavy atom. The topological polar surface area (TPSA) is 67.2 Å². The fourth-order valence-electron chi connectivity index (χ4n) is 3.10. The highest BCUT2D eigenvalue weighted by Crippen LogP contribution is 2.24. The molecule has 1 aromatic carbocycles. The van der Waals surface area contributed by atoms with E-state index in [2.05, 4.69) is 53.1 Å². The van der Waals surface area contributed by atoms with Crippen LogP contribution in [0.15, 0.2) is 58.7 Å². The van der Waals surface area contributed by atoms with Gasteiger partial charge in [-0.15, -0.1) is 0 Å². The molecule has 0 radical (unpaired) electrons. The number of carbonyl (C=O) groups is 1. The van der Waals surface area contributed by atoms with Crippen molar-refractivity contribution in [1.82, 2.24) is 5.16 Å². The molecular weight excluding hydrogens is 350 g/mol. The van der Waals surface area contributed by atoms with E-state index in [1.165, 1.54) is 11.1 Å². The van der Waals surface area contributed by atoms with Gasteiger partial charge in [0.2, 0.25) is 0 Å². The van der Waals surface area contributed by atoms with Crippen LogP contribution in [-0.4, -0.2) is 11.2 Å². The molecule has 2 N–H and O–H groups in total. The molecule has 28 heavy (non-hydrogen) atoms. The van der Waals surface area contributed by atoms with Gasteiger partial charge < -0.3 is 9.84 Å². The third-order valence-electron chi connectivity index (χ3n) is 4.74. The number of hydrogen-bond donors (Lipinski definition) is 2. The summed E-state index contributed by atoms with van der Waals surface area (Å²) in [6.45, 7) is 8.33. The van der Waals surface area contributed by atoms with Gasteiger partial charge in [0.05, 0.1) is 0 Å². The Balaban J connectivity index is 0.00000225. The van der Waals surface area contributed by atoms with Gasteiger partial charge >= 0.3 is 6.03 Å². The lowest BCUT2D eigenvalue weighted by molar-refractivity contribution is 0.262. The number of aryl methyl sites for hydroxylation is 1. The number of nitrogens with one attached hydrogen (secondary N) is 2. The van der Waals surface area contributed by atoms with Crippen molar-refractivity contribution in [2.45, 2.75) is 52.4 Å². The maximum Gasteiger partial charge on any atom is 0.324 e. The van der Waals surface area contributed by atoms with E-state index in [1.807, 2.05) is 32.9 Å². The second kappa shape index (κ2) is 8.46. The normalized spacial score (nSPS) is 16.6. The highest BCUT2D eigenvalue weighted by atomic mass is 16.5. The molecule has 1 aliphatic carbocycles. The zero-order chi connectivity index (χ0) is 20.1. The van der Waals surface area contributed by atoms with E-state index in [9.17, 15) is 4.79 Å². The molecule has 3 rings (SSSR count). The van der Waals surface area contributed by atoms with E-state index >= 15 is 0 Å². The number of aromatic nitrogens is 1. The Hall–Kier alpha value is -2.82. The molecule has 1 aromatic heterocycles. The molecule has 1 aliphatic rings. The van der Waals surface area contributed by atoms with Crippen molar-refractivity contribution in [3.8, 4) is 0 Å². The van der Waals surface area contributed by atoms with Crippen LogP contribution >= 0.6 is 0 Å². The molecule has 0 aliphatic heterocycles. The molecule has 152 valence electrons. The zero-order valence-corrected chi connectivity index (χ0v) is 17.1. The first-order valence-corrected chi connectivity index (χ1v) is 9.81. The van der Waals surface area contributed by atoms with Crippen LogP contribution in [0, 0.1) is 5.92 Å². The van der Waals surface area contributed by atoms with Gasteiger partial charge in [-0.25, -0.2) is 4.79 Å². The Morgan fingerprint density at radius 2 is 1.96 bits per heavy atom. The van der Waals surface area contributed by atoms with Gasteiger partial charge in [-0.3, -0.25) is 5.32 Å². The molecule has 1 unspecified atom stereocenters. The van der Waals surface area contributed by atoms with Crippen LogP contribution in [-0.2, 0) is 11.8 Å².